The van der Waals surface area contributed by atoms with Gasteiger partial charge in [-0.3, -0.25) is 5.32 Å². The average molecular weight is 270 g/mol. The predicted molar refractivity (Wildman–Crippen MR) is 78.1 cm³/mol. The third kappa shape index (κ3) is 8.99. The fourth-order valence-corrected chi connectivity index (χ4v) is 1.95. The van der Waals surface area contributed by atoms with Gasteiger partial charge in [0.25, 0.3) is 0 Å². The van der Waals surface area contributed by atoms with Gasteiger partial charge in [0.2, 0.25) is 0 Å². The van der Waals surface area contributed by atoms with Crippen LogP contribution in [0.4, 0.5) is 0 Å². The summed E-state index contributed by atoms with van der Waals surface area (Å²) in [5.41, 5.74) is -0.379. The highest BCUT2D eigenvalue weighted by Crippen LogP contribution is 2.16. The van der Waals surface area contributed by atoms with Crippen molar-refractivity contribution in [2.45, 2.75) is 58.4 Å². The van der Waals surface area contributed by atoms with E-state index in [1.165, 1.54) is 6.42 Å². The number of nitrogens with zero attached hydrogens (tertiary/aromatic N) is 1. The Labute approximate surface area is 118 Å². The molecule has 0 fully saturated rings. The second kappa shape index (κ2) is 12.4. The maximum Gasteiger partial charge on any atom is 0.106 e. The number of hydrogen-bond acceptors (Lipinski definition) is 4. The summed E-state index contributed by atoms with van der Waals surface area (Å²) in [6.07, 6.45) is 4.85. The number of rotatable bonds is 13. The van der Waals surface area contributed by atoms with Crippen molar-refractivity contribution in [1.29, 1.82) is 5.26 Å². The maximum absolute atomic E-state index is 9.26. The van der Waals surface area contributed by atoms with Gasteiger partial charge in [0.15, 0.2) is 0 Å². The Hall–Kier alpha value is -0.630. The highest BCUT2D eigenvalue weighted by atomic mass is 16.5. The van der Waals surface area contributed by atoms with Gasteiger partial charge in [-0.1, -0.05) is 27.2 Å². The van der Waals surface area contributed by atoms with Crippen LogP contribution in [0.5, 0.6) is 0 Å². The van der Waals surface area contributed by atoms with E-state index in [0.717, 1.165) is 38.8 Å². The van der Waals surface area contributed by atoms with Crippen LogP contribution in [0, 0.1) is 11.3 Å². The number of nitrogens with one attached hydrogen (secondary N) is 1. The van der Waals surface area contributed by atoms with Gasteiger partial charge in [0.05, 0.1) is 19.3 Å². The second-order valence-corrected chi connectivity index (χ2v) is 4.76. The van der Waals surface area contributed by atoms with E-state index in [1.54, 1.807) is 0 Å². The summed E-state index contributed by atoms with van der Waals surface area (Å²) in [7, 11) is 0. The number of nitriles is 1. The van der Waals surface area contributed by atoms with Crippen LogP contribution >= 0.6 is 0 Å². The Morgan fingerprint density at radius 2 is 1.63 bits per heavy atom. The molecular formula is C15H30N2O2. The quantitative estimate of drug-likeness (QED) is 0.523. The van der Waals surface area contributed by atoms with Crippen LogP contribution in [0.15, 0.2) is 0 Å². The molecule has 0 heterocycles. The Kier molecular flexibility index (Phi) is 12.0. The van der Waals surface area contributed by atoms with Crippen LogP contribution in [0.2, 0.25) is 0 Å². The molecule has 0 saturated heterocycles. The molecule has 0 saturated carbocycles. The predicted octanol–water partition coefficient (Wildman–Crippen LogP) is 2.88. The summed E-state index contributed by atoms with van der Waals surface area (Å²) in [5, 5.41) is 12.5. The minimum Gasteiger partial charge on any atom is -0.379 e. The lowest BCUT2D eigenvalue weighted by Crippen LogP contribution is -2.43. The number of hydrogen-bond donors (Lipinski definition) is 1. The lowest BCUT2D eigenvalue weighted by molar-refractivity contribution is 0.0440. The third-order valence-electron chi connectivity index (χ3n) is 3.24. The van der Waals surface area contributed by atoms with Crippen molar-refractivity contribution in [2.75, 3.05) is 33.0 Å². The van der Waals surface area contributed by atoms with E-state index >= 15 is 0 Å². The summed E-state index contributed by atoms with van der Waals surface area (Å²) in [6.45, 7) is 9.91. The van der Waals surface area contributed by atoms with Crippen molar-refractivity contribution in [1.82, 2.24) is 5.32 Å². The molecule has 0 aliphatic heterocycles. The van der Waals surface area contributed by atoms with Crippen molar-refractivity contribution in [3.05, 3.63) is 0 Å². The highest BCUT2D eigenvalue weighted by molar-refractivity contribution is 5.05. The molecule has 0 rings (SSSR count). The molecule has 1 N–H and O–H groups in total. The Bertz CT molecular complexity index is 241. The normalized spacial score (nSPS) is 14.0. The molecule has 19 heavy (non-hydrogen) atoms. The van der Waals surface area contributed by atoms with Crippen molar-refractivity contribution < 1.29 is 9.47 Å². The first-order valence-corrected chi connectivity index (χ1v) is 7.56. The van der Waals surface area contributed by atoms with Gasteiger partial charge in [-0.15, -0.1) is 0 Å². The zero-order valence-corrected chi connectivity index (χ0v) is 12.8. The molecule has 112 valence electrons. The Morgan fingerprint density at radius 1 is 1.00 bits per heavy atom. The van der Waals surface area contributed by atoms with E-state index in [-0.39, 0.29) is 5.54 Å². The van der Waals surface area contributed by atoms with Gasteiger partial charge < -0.3 is 9.47 Å². The minimum absolute atomic E-state index is 0.379. The summed E-state index contributed by atoms with van der Waals surface area (Å²) < 4.78 is 10.9. The number of unbranched alkanes of at least 4 members (excludes halogenated alkanes) is 1. The zero-order chi connectivity index (χ0) is 14.4. The Balaban J connectivity index is 3.53. The fraction of sp³-hybridized carbons (Fsp3) is 0.933. The molecule has 4 heteroatoms. The third-order valence-corrected chi connectivity index (χ3v) is 3.24. The highest BCUT2D eigenvalue weighted by Gasteiger charge is 2.25. The lowest BCUT2D eigenvalue weighted by atomic mass is 9.92. The summed E-state index contributed by atoms with van der Waals surface area (Å²) in [5.74, 6) is 0. The lowest BCUT2D eigenvalue weighted by Gasteiger charge is -2.25. The SMILES string of the molecule is CCCCOCCOCCCC(C#N)(CC)NCC. The molecule has 4 nitrogen and oxygen atoms in total. The van der Waals surface area contributed by atoms with Crippen molar-refractivity contribution >= 4 is 0 Å². The summed E-state index contributed by atoms with van der Waals surface area (Å²) >= 11 is 0. The molecule has 0 aromatic rings. The van der Waals surface area contributed by atoms with Crippen LogP contribution < -0.4 is 5.32 Å². The van der Waals surface area contributed by atoms with Gasteiger partial charge in [-0.05, 0) is 32.2 Å². The van der Waals surface area contributed by atoms with E-state index < -0.39 is 0 Å². The fourth-order valence-electron chi connectivity index (χ4n) is 1.95. The van der Waals surface area contributed by atoms with Crippen molar-refractivity contribution in [3.63, 3.8) is 0 Å². The van der Waals surface area contributed by atoms with E-state index in [9.17, 15) is 5.26 Å². The molecule has 1 atom stereocenters. The van der Waals surface area contributed by atoms with Crippen LogP contribution in [-0.4, -0.2) is 38.5 Å². The average Bonchev–Trinajstić information content (AvgIpc) is 2.44. The molecule has 0 aliphatic rings. The van der Waals surface area contributed by atoms with E-state index in [2.05, 4.69) is 18.3 Å². The topological polar surface area (TPSA) is 54.3 Å². The summed E-state index contributed by atoms with van der Waals surface area (Å²) in [4.78, 5) is 0. The standard InChI is InChI=1S/C15H30N2O2/c1-4-7-10-18-12-13-19-11-8-9-15(5-2,14-16)17-6-3/h17H,4-13H2,1-3H3. The second-order valence-electron chi connectivity index (χ2n) is 4.76. The van der Waals surface area contributed by atoms with Crippen LogP contribution in [-0.2, 0) is 9.47 Å². The largest absolute Gasteiger partial charge is 0.379 e. The minimum atomic E-state index is -0.379. The van der Waals surface area contributed by atoms with E-state index in [0.29, 0.717) is 19.8 Å². The smallest absolute Gasteiger partial charge is 0.106 e. The molecular weight excluding hydrogens is 240 g/mol. The monoisotopic (exact) mass is 270 g/mol. The molecule has 0 radical (unpaired) electrons. The zero-order valence-electron chi connectivity index (χ0n) is 12.8. The molecule has 1 unspecified atom stereocenters. The van der Waals surface area contributed by atoms with Gasteiger partial charge >= 0.3 is 0 Å². The first kappa shape index (κ1) is 18.4. The summed E-state index contributed by atoms with van der Waals surface area (Å²) in [6, 6.07) is 2.40. The number of ether oxygens (including phenoxy) is 2. The maximum atomic E-state index is 9.26. The van der Waals surface area contributed by atoms with Gasteiger partial charge in [0, 0.05) is 13.2 Å². The molecule has 0 amide bonds. The molecule has 0 bridgehead atoms. The van der Waals surface area contributed by atoms with Gasteiger partial charge in [-0.25, -0.2) is 0 Å². The molecule has 0 aromatic heterocycles. The van der Waals surface area contributed by atoms with Crippen molar-refractivity contribution in [3.8, 4) is 6.07 Å². The van der Waals surface area contributed by atoms with E-state index in [1.807, 2.05) is 13.8 Å². The van der Waals surface area contributed by atoms with Crippen LogP contribution in [0.25, 0.3) is 0 Å². The first-order chi connectivity index (χ1) is 9.24. The molecule has 0 aliphatic carbocycles. The van der Waals surface area contributed by atoms with Crippen LogP contribution in [0.3, 0.4) is 0 Å². The van der Waals surface area contributed by atoms with Crippen LogP contribution in [0.1, 0.15) is 52.9 Å². The van der Waals surface area contributed by atoms with Crippen molar-refractivity contribution in [2.24, 2.45) is 0 Å². The van der Waals surface area contributed by atoms with E-state index in [4.69, 9.17) is 9.47 Å². The molecule has 0 aromatic carbocycles. The first-order valence-electron chi connectivity index (χ1n) is 7.56. The Morgan fingerprint density at radius 3 is 2.11 bits per heavy atom. The van der Waals surface area contributed by atoms with Gasteiger partial charge in [0.1, 0.15) is 5.54 Å². The van der Waals surface area contributed by atoms with Gasteiger partial charge in [-0.2, -0.15) is 5.26 Å². The molecule has 0 spiro atoms.